The van der Waals surface area contributed by atoms with Gasteiger partial charge in [0.2, 0.25) is 23.6 Å². The van der Waals surface area contributed by atoms with Gasteiger partial charge in [-0.15, -0.1) is 20.4 Å². The quantitative estimate of drug-likeness (QED) is 0.00845. The summed E-state index contributed by atoms with van der Waals surface area (Å²) in [7, 11) is 0. The Morgan fingerprint density at radius 3 is 0.906 bits per heavy atom. The molecule has 21 atom stereocenters. The fourth-order valence-electron chi connectivity index (χ4n) is 14.4. The summed E-state index contributed by atoms with van der Waals surface area (Å²) in [6.07, 6.45) is -13.0. The number of unbranched alkanes of at least 4 members (excludes halogenated alkanes) is 1. The molecule has 4 fully saturated rings. The number of carboxylic acid groups (broad SMARTS) is 1. The highest BCUT2D eigenvalue weighted by atomic mass is 16.7. The van der Waals surface area contributed by atoms with E-state index in [0.29, 0.717) is 88.2 Å². The van der Waals surface area contributed by atoms with E-state index < -0.39 is 185 Å². The van der Waals surface area contributed by atoms with Crippen molar-refractivity contribution in [2.45, 2.75) is 228 Å². The lowest BCUT2D eigenvalue weighted by molar-refractivity contribution is -0.272. The monoisotopic (exact) mass is 1990 g/mol. The van der Waals surface area contributed by atoms with Gasteiger partial charge in [0.25, 0.3) is 0 Å². The molecule has 0 bridgehead atoms. The summed E-state index contributed by atoms with van der Waals surface area (Å²) in [5.41, 5.74) is 9.98. The zero-order chi connectivity index (χ0) is 99.9. The van der Waals surface area contributed by atoms with Crippen molar-refractivity contribution in [1.29, 1.82) is 0 Å². The molecule has 8 rings (SSSR count). The number of aromatic nitrogens is 12. The summed E-state index contributed by atoms with van der Waals surface area (Å²) in [4.78, 5) is 67.2. The van der Waals surface area contributed by atoms with E-state index in [1.54, 1.807) is 48.4 Å². The van der Waals surface area contributed by atoms with Gasteiger partial charge < -0.3 is 178 Å². The molecular formula is C80H139N21O37. The van der Waals surface area contributed by atoms with E-state index in [1.807, 2.05) is 0 Å². The number of aliphatic hydroxyl groups excluding tert-OH is 13. The average molecular weight is 1990 g/mol. The van der Waals surface area contributed by atoms with Crippen LogP contribution >= 0.6 is 0 Å². The number of rotatable bonds is 71. The van der Waals surface area contributed by atoms with E-state index in [2.05, 4.69) is 77.4 Å². The first-order chi connectivity index (χ1) is 66.7. The number of nitrogens with zero attached hydrogens (tertiary/aromatic N) is 17. The Bertz CT molecular complexity index is 3820. The molecule has 0 saturated carbocycles. The summed E-state index contributed by atoms with van der Waals surface area (Å²) in [6.45, 7) is 9.30. The van der Waals surface area contributed by atoms with E-state index in [9.17, 15) is 90.4 Å². The number of hydrogen-bond donors (Lipinski definition) is 18. The number of amides is 4. The smallest absolute Gasteiger partial charge is 0.320 e. The van der Waals surface area contributed by atoms with Crippen LogP contribution in [0.5, 0.6) is 0 Å². The standard InChI is InChI=1S/C74H126N18O34.C6H13N3O3/c1-45(97)75-58-66(105)62(101)54(41-93)123-71(58)119-29-25-115-21-17-111-13-9-89-37-49(79-83-89)33-87(34-50-38-90(84-80-50)10-14-112-18-22-116-26-30-120-72-59(76-46(2)98)67(106)63(102)55(42-94)124-72)8-6-5-7-53(70(109)110)88(35-51-39-91(85-81-51)11-15-113-19-23-117-27-31-121-73-60(77-47(3)99)68(107)64(103)56(43-95)125-73)36-52-40-92(86-82-52)12-16-114-20-24-118-28-32-122-74-61(78-48(4)100)69(108)65(104)57(44-96)126-74;7-9-8-1-3-11-5-6-12-4-2-10/h37-40,53-69,71-74,93-96,101-108H,5-36,41-44H2,1-4H3,(H,75,97)(H,76,98)(H,77,99)(H,78,100)(H,109,110);10H,1-6H2/t53-,54?,55?,56?,57?,58?,59?,60?,61?,62?,63?,64?,65?,66?,67?,68?,69?,71?,72?,73?,74?;/m0./s1. The fourth-order valence-corrected chi connectivity index (χ4v) is 14.4. The van der Waals surface area contributed by atoms with Crippen LogP contribution in [0.3, 0.4) is 0 Å². The highest BCUT2D eigenvalue weighted by Gasteiger charge is 2.49. The highest BCUT2D eigenvalue weighted by Crippen LogP contribution is 2.28. The second-order valence-electron chi connectivity index (χ2n) is 31.9. The van der Waals surface area contributed by atoms with Crippen LogP contribution in [0.2, 0.25) is 0 Å². The van der Waals surface area contributed by atoms with Gasteiger partial charge in [-0.2, -0.15) is 0 Å². The Morgan fingerprint density at radius 1 is 0.384 bits per heavy atom. The summed E-state index contributed by atoms with van der Waals surface area (Å²) >= 11 is 0. The summed E-state index contributed by atoms with van der Waals surface area (Å²) < 4.78 is 107. The van der Waals surface area contributed by atoms with Gasteiger partial charge in [-0.3, -0.25) is 33.8 Å². The number of azide groups is 1. The number of carbonyl (C=O) groups excluding carboxylic acids is 4. The number of nitrogens with one attached hydrogen (secondary N) is 4. The minimum atomic E-state index is -1.47. The molecule has 18 N–H and O–H groups in total. The molecule has 786 valence electrons. The minimum absolute atomic E-state index is 0.0156. The third-order valence-electron chi connectivity index (χ3n) is 21.2. The van der Waals surface area contributed by atoms with Crippen LogP contribution in [0.25, 0.3) is 10.4 Å². The minimum Gasteiger partial charge on any atom is -0.480 e. The normalized spacial score (nSPS) is 25.2. The largest absolute Gasteiger partial charge is 0.480 e. The lowest BCUT2D eigenvalue weighted by Crippen LogP contribution is -2.64. The molecule has 20 unspecified atom stereocenters. The van der Waals surface area contributed by atoms with Crippen molar-refractivity contribution < 1.29 is 181 Å². The lowest BCUT2D eigenvalue weighted by atomic mass is 9.97. The molecule has 4 aliphatic rings. The van der Waals surface area contributed by atoms with E-state index in [1.165, 1.54) is 27.7 Å². The Hall–Kier alpha value is -8.10. The molecule has 4 saturated heterocycles. The predicted molar refractivity (Wildman–Crippen MR) is 463 cm³/mol. The number of aliphatic carboxylic acids is 1. The van der Waals surface area contributed by atoms with Gasteiger partial charge in [-0.1, -0.05) is 32.4 Å². The summed E-state index contributed by atoms with van der Waals surface area (Å²) in [5.74, 6) is -3.07. The Labute approximate surface area is 794 Å². The predicted octanol–water partition coefficient (Wildman–Crippen LogP) is -10.3. The molecule has 0 aromatic carbocycles. The molecule has 58 heteroatoms. The zero-order valence-electron chi connectivity index (χ0n) is 77.9. The van der Waals surface area contributed by atoms with Crippen LogP contribution in [0.4, 0.5) is 0 Å². The molecular weight excluding hydrogens is 1850 g/mol. The Balaban J connectivity index is 0.00000201. The van der Waals surface area contributed by atoms with Gasteiger partial charge in [-0.25, -0.2) is 18.7 Å². The molecule has 4 aromatic rings. The van der Waals surface area contributed by atoms with E-state index >= 15 is 0 Å². The lowest BCUT2D eigenvalue weighted by Gasteiger charge is -2.42. The van der Waals surface area contributed by atoms with Gasteiger partial charge in [0.05, 0.1) is 241 Å². The highest BCUT2D eigenvalue weighted by molar-refractivity contribution is 5.75. The number of ether oxygens (including phenoxy) is 18. The summed E-state index contributed by atoms with van der Waals surface area (Å²) in [5, 5.41) is 190. The fraction of sp³-hybridized carbons (Fsp3) is 0.838. The van der Waals surface area contributed by atoms with E-state index in [0.717, 1.165) is 0 Å². The van der Waals surface area contributed by atoms with Gasteiger partial charge in [0.1, 0.15) is 103 Å². The van der Waals surface area contributed by atoms with E-state index in [-0.39, 0.29) is 184 Å². The maximum atomic E-state index is 13.6. The van der Waals surface area contributed by atoms with Crippen LogP contribution in [-0.4, -0.2) is 504 Å². The van der Waals surface area contributed by atoms with Crippen LogP contribution in [0, 0.1) is 0 Å². The maximum absolute atomic E-state index is 13.6. The number of hydrogen-bond acceptors (Lipinski definition) is 47. The first kappa shape index (κ1) is 117. The second-order valence-corrected chi connectivity index (χ2v) is 31.9. The van der Waals surface area contributed by atoms with Gasteiger partial charge in [-0.05, 0) is 24.9 Å². The third-order valence-corrected chi connectivity index (χ3v) is 21.2. The SMILES string of the molecule is CC(=O)NC1C(OCCOCCOCCn2cc(CN(CCCC[C@@H](C(=O)O)N(Cc3cn(CCOCCOCCOC4OC(CO)C(O)C(O)C4NC(C)=O)nn3)Cc3cn(CCOCCOCCOC4OC(CO)C(O)C(O)C4NC(C)=O)nn3)Cc3cn(CCOCCOCCOC4OC(CO)C(O)C(O)C4NC(C)=O)nn3)nn2)OC(CO)C(O)C1O.[N-]=[N+]=NCCOCCOCCO. The molecule has 8 heterocycles. The van der Waals surface area contributed by atoms with Crippen molar-refractivity contribution in [3.8, 4) is 0 Å². The second kappa shape index (κ2) is 66.6. The van der Waals surface area contributed by atoms with Crippen molar-refractivity contribution in [3.63, 3.8) is 0 Å². The van der Waals surface area contributed by atoms with Crippen molar-refractivity contribution in [2.75, 3.05) is 205 Å². The first-order valence-corrected chi connectivity index (χ1v) is 45.4. The molecule has 0 spiro atoms. The molecule has 0 radical (unpaired) electrons. The van der Waals surface area contributed by atoms with Crippen LogP contribution in [0.15, 0.2) is 29.9 Å². The van der Waals surface area contributed by atoms with E-state index in [4.69, 9.17) is 95.9 Å². The molecule has 4 aromatic heterocycles. The average Bonchev–Trinajstić information content (AvgIpc) is 1.02. The Kier molecular flexibility index (Phi) is 56.4. The zero-order valence-corrected chi connectivity index (χ0v) is 77.9. The molecule has 0 aliphatic carbocycles. The van der Waals surface area contributed by atoms with Crippen LogP contribution < -0.4 is 21.3 Å². The van der Waals surface area contributed by atoms with Crippen molar-refractivity contribution in [1.82, 2.24) is 91.0 Å². The van der Waals surface area contributed by atoms with Gasteiger partial charge in [0, 0.05) is 90.1 Å². The van der Waals surface area contributed by atoms with Crippen molar-refractivity contribution in [2.24, 2.45) is 5.11 Å². The number of carbonyl (C=O) groups is 5. The third kappa shape index (κ3) is 42.6. The maximum Gasteiger partial charge on any atom is 0.320 e. The first-order valence-electron chi connectivity index (χ1n) is 45.4. The molecule has 4 amide bonds. The van der Waals surface area contributed by atoms with Gasteiger partial charge >= 0.3 is 5.97 Å². The molecule has 138 heavy (non-hydrogen) atoms. The molecule has 58 nitrogen and oxygen atoms in total. The topological polar surface area (TPSA) is 761 Å². The number of carboxylic acids is 1. The Morgan fingerprint density at radius 2 is 0.645 bits per heavy atom. The van der Waals surface area contributed by atoms with Gasteiger partial charge in [0.15, 0.2) is 25.2 Å². The summed E-state index contributed by atoms with van der Waals surface area (Å²) in [6, 6.07) is -5.49. The van der Waals surface area contributed by atoms with Crippen molar-refractivity contribution in [3.05, 3.63) is 58.0 Å². The van der Waals surface area contributed by atoms with Crippen molar-refractivity contribution >= 4 is 29.6 Å². The van der Waals surface area contributed by atoms with Crippen LogP contribution in [-0.2, 0) is 162 Å². The molecule has 4 aliphatic heterocycles. The van der Waals surface area contributed by atoms with Crippen LogP contribution in [0.1, 0.15) is 69.7 Å². The number of aliphatic hydroxyl groups is 13.